The van der Waals surface area contributed by atoms with Gasteiger partial charge in [0.1, 0.15) is 5.60 Å². The molecule has 2 heteroatoms. The maximum atomic E-state index is 10.5. The molecule has 2 aromatic rings. The van der Waals surface area contributed by atoms with Crippen molar-refractivity contribution in [3.63, 3.8) is 0 Å². The predicted octanol–water partition coefficient (Wildman–Crippen LogP) is 4.07. The minimum atomic E-state index is -0.544. The van der Waals surface area contributed by atoms with E-state index in [0.717, 1.165) is 6.42 Å². The number of hydrogen-bond donors (Lipinski definition) is 0. The smallest absolute Gasteiger partial charge is 0.418 e. The van der Waals surface area contributed by atoms with E-state index in [2.05, 4.69) is 24.3 Å². The van der Waals surface area contributed by atoms with Crippen LogP contribution < -0.4 is 0 Å². The van der Waals surface area contributed by atoms with Crippen LogP contribution in [0, 0.1) is 0 Å². The molecule has 0 saturated heterocycles. The molecule has 0 unspecified atom stereocenters. The molecule has 0 aliphatic heterocycles. The van der Waals surface area contributed by atoms with Crippen molar-refractivity contribution >= 4 is 6.47 Å². The lowest BCUT2D eigenvalue weighted by Crippen LogP contribution is -2.27. The van der Waals surface area contributed by atoms with Gasteiger partial charge in [-0.15, -0.1) is 0 Å². The van der Waals surface area contributed by atoms with Gasteiger partial charge in [-0.2, -0.15) is 0 Å². The van der Waals surface area contributed by atoms with Crippen molar-refractivity contribution in [3.8, 4) is 0 Å². The van der Waals surface area contributed by atoms with Crippen molar-refractivity contribution in [1.29, 1.82) is 0 Å². The first-order valence-electron chi connectivity index (χ1n) is 6.77. The second-order valence-corrected chi connectivity index (χ2v) is 5.52. The van der Waals surface area contributed by atoms with Crippen LogP contribution in [0.1, 0.15) is 37.3 Å². The van der Waals surface area contributed by atoms with Gasteiger partial charge in [0.05, 0.1) is 0 Å². The third-order valence-electron chi connectivity index (χ3n) is 3.42. The Bertz CT molecular complexity index is 492. The normalized spacial score (nSPS) is 11.3. The predicted molar refractivity (Wildman–Crippen MR) is 80.2 cm³/mol. The fourth-order valence-corrected chi connectivity index (χ4v) is 2.44. The highest BCUT2D eigenvalue weighted by atomic mass is 16.5. The van der Waals surface area contributed by atoms with Crippen molar-refractivity contribution in [1.82, 2.24) is 0 Å². The van der Waals surface area contributed by atoms with E-state index in [4.69, 9.17) is 4.74 Å². The summed E-state index contributed by atoms with van der Waals surface area (Å²) in [6, 6.07) is 20.6. The first kappa shape index (κ1) is 14.3. The molecular weight excluding hydrogens is 248 g/mol. The molecular formula is C18H19O2. The molecule has 103 valence electrons. The van der Waals surface area contributed by atoms with Crippen LogP contribution in [0.2, 0.25) is 0 Å². The van der Waals surface area contributed by atoms with Gasteiger partial charge in [-0.1, -0.05) is 60.7 Å². The van der Waals surface area contributed by atoms with Gasteiger partial charge < -0.3 is 4.74 Å². The molecule has 2 aromatic carbocycles. The zero-order chi connectivity index (χ0) is 14.4. The summed E-state index contributed by atoms with van der Waals surface area (Å²) in [4.78, 5) is 10.5. The van der Waals surface area contributed by atoms with E-state index in [0.29, 0.717) is 0 Å². The Morgan fingerprint density at radius 1 is 0.950 bits per heavy atom. The maximum Gasteiger partial charge on any atom is 0.418 e. The Morgan fingerprint density at radius 2 is 1.40 bits per heavy atom. The standard InChI is InChI=1S/C18H19O2/c1-18(2,20-14-19)13-17(15-9-5-3-6-10-15)16-11-7-4-8-12-16/h3-12,17H,13H2,1-2H3. The molecule has 0 amide bonds. The number of rotatable bonds is 6. The third-order valence-corrected chi connectivity index (χ3v) is 3.42. The van der Waals surface area contributed by atoms with Gasteiger partial charge >= 0.3 is 6.47 Å². The largest absolute Gasteiger partial charge is 0.451 e. The lowest BCUT2D eigenvalue weighted by molar-refractivity contribution is 0.0759. The average Bonchev–Trinajstić information content (AvgIpc) is 2.47. The van der Waals surface area contributed by atoms with Gasteiger partial charge in [0, 0.05) is 5.92 Å². The monoisotopic (exact) mass is 267 g/mol. The van der Waals surface area contributed by atoms with Crippen LogP contribution in [-0.4, -0.2) is 12.1 Å². The van der Waals surface area contributed by atoms with E-state index >= 15 is 0 Å². The molecule has 0 fully saturated rings. The third kappa shape index (κ3) is 3.70. The average molecular weight is 267 g/mol. The molecule has 20 heavy (non-hydrogen) atoms. The lowest BCUT2D eigenvalue weighted by atomic mass is 9.83. The minimum Gasteiger partial charge on any atom is -0.451 e. The van der Waals surface area contributed by atoms with Crippen LogP contribution in [0.4, 0.5) is 0 Å². The summed E-state index contributed by atoms with van der Waals surface area (Å²) >= 11 is 0. The fourth-order valence-electron chi connectivity index (χ4n) is 2.44. The molecule has 0 saturated carbocycles. The van der Waals surface area contributed by atoms with Crippen molar-refractivity contribution in [3.05, 3.63) is 71.8 Å². The van der Waals surface area contributed by atoms with Crippen LogP contribution in [-0.2, 0) is 9.53 Å². The van der Waals surface area contributed by atoms with Crippen molar-refractivity contribution in [2.24, 2.45) is 0 Å². The molecule has 0 spiro atoms. The van der Waals surface area contributed by atoms with Crippen LogP contribution >= 0.6 is 0 Å². The molecule has 0 aromatic heterocycles. The van der Waals surface area contributed by atoms with E-state index < -0.39 is 5.60 Å². The number of hydrogen-bond acceptors (Lipinski definition) is 2. The van der Waals surface area contributed by atoms with Crippen molar-refractivity contribution < 1.29 is 9.53 Å². The number of ether oxygens (including phenoxy) is 1. The topological polar surface area (TPSA) is 26.3 Å². The Labute approximate surface area is 120 Å². The highest BCUT2D eigenvalue weighted by molar-refractivity contribution is 5.40. The minimum absolute atomic E-state index is 0.195. The Kier molecular flexibility index (Phi) is 4.57. The lowest BCUT2D eigenvalue weighted by Gasteiger charge is -2.28. The van der Waals surface area contributed by atoms with E-state index in [1.807, 2.05) is 50.2 Å². The first-order chi connectivity index (χ1) is 9.62. The summed E-state index contributed by atoms with van der Waals surface area (Å²) < 4.78 is 5.10. The molecule has 0 atom stereocenters. The second kappa shape index (κ2) is 6.38. The summed E-state index contributed by atoms with van der Waals surface area (Å²) in [6.07, 6.45) is 0.719. The van der Waals surface area contributed by atoms with Gasteiger partial charge in [-0.3, -0.25) is 0 Å². The number of carbonyl (C=O) groups excluding carboxylic acids is 1. The molecule has 0 aliphatic carbocycles. The van der Waals surface area contributed by atoms with Gasteiger partial charge in [-0.25, -0.2) is 4.79 Å². The fraction of sp³-hybridized carbons (Fsp3) is 0.278. The molecule has 0 aliphatic rings. The zero-order valence-electron chi connectivity index (χ0n) is 11.9. The Morgan fingerprint density at radius 3 is 1.80 bits per heavy atom. The Balaban J connectivity index is 2.33. The quantitative estimate of drug-likeness (QED) is 0.788. The maximum absolute atomic E-state index is 10.5. The van der Waals surface area contributed by atoms with Crippen LogP contribution in [0.5, 0.6) is 0 Å². The summed E-state index contributed by atoms with van der Waals surface area (Å²) in [7, 11) is 0. The summed E-state index contributed by atoms with van der Waals surface area (Å²) in [6.45, 7) is 5.39. The van der Waals surface area contributed by atoms with Crippen LogP contribution in [0.3, 0.4) is 0 Å². The summed E-state index contributed by atoms with van der Waals surface area (Å²) in [5.74, 6) is 0.195. The van der Waals surface area contributed by atoms with E-state index in [-0.39, 0.29) is 5.92 Å². The Hall–Kier alpha value is -2.09. The van der Waals surface area contributed by atoms with Crippen molar-refractivity contribution in [2.75, 3.05) is 0 Å². The molecule has 1 radical (unpaired) electrons. The van der Waals surface area contributed by atoms with Crippen LogP contribution in [0.25, 0.3) is 0 Å². The van der Waals surface area contributed by atoms with E-state index in [1.54, 1.807) is 6.47 Å². The highest BCUT2D eigenvalue weighted by Gasteiger charge is 2.27. The van der Waals surface area contributed by atoms with Gasteiger partial charge in [-0.05, 0) is 31.4 Å². The summed E-state index contributed by atoms with van der Waals surface area (Å²) in [5, 5.41) is 0. The van der Waals surface area contributed by atoms with Gasteiger partial charge in [0.25, 0.3) is 0 Å². The van der Waals surface area contributed by atoms with Gasteiger partial charge in [0.15, 0.2) is 0 Å². The van der Waals surface area contributed by atoms with E-state index in [9.17, 15) is 4.79 Å². The van der Waals surface area contributed by atoms with Crippen molar-refractivity contribution in [2.45, 2.75) is 31.8 Å². The van der Waals surface area contributed by atoms with E-state index in [1.165, 1.54) is 11.1 Å². The molecule has 0 bridgehead atoms. The molecule has 0 N–H and O–H groups in total. The zero-order valence-corrected chi connectivity index (χ0v) is 11.9. The summed E-state index contributed by atoms with van der Waals surface area (Å²) in [5.41, 5.74) is 1.90. The number of benzene rings is 2. The first-order valence-corrected chi connectivity index (χ1v) is 6.77. The van der Waals surface area contributed by atoms with Crippen LogP contribution in [0.15, 0.2) is 60.7 Å². The SMILES string of the molecule is CC(C)(CC(c1ccccc1)c1ccccc1)O[C]=O. The molecule has 2 nitrogen and oxygen atoms in total. The molecule has 2 rings (SSSR count). The highest BCUT2D eigenvalue weighted by Crippen LogP contribution is 2.33. The second-order valence-electron chi connectivity index (χ2n) is 5.52. The van der Waals surface area contributed by atoms with Gasteiger partial charge in [0.2, 0.25) is 0 Å². The molecule has 0 heterocycles.